The highest BCUT2D eigenvalue weighted by Crippen LogP contribution is 2.30. The van der Waals surface area contributed by atoms with Gasteiger partial charge in [0.15, 0.2) is 5.84 Å². The first-order chi connectivity index (χ1) is 14.9. The van der Waals surface area contributed by atoms with Gasteiger partial charge >= 0.3 is 0 Å². The molecule has 0 bridgehead atoms. The number of carbonyl (C=O) groups is 2. The molecule has 2 N–H and O–H groups in total. The maximum atomic E-state index is 13.4. The van der Waals surface area contributed by atoms with Crippen LogP contribution < -0.4 is 10.6 Å². The van der Waals surface area contributed by atoms with Gasteiger partial charge in [0.05, 0.1) is 5.92 Å². The molecule has 2 aromatic rings. The zero-order chi connectivity index (χ0) is 22.0. The average Bonchev–Trinajstić information content (AvgIpc) is 3.05. The predicted molar refractivity (Wildman–Crippen MR) is 117 cm³/mol. The molecule has 2 heterocycles. The second kappa shape index (κ2) is 8.50. The first kappa shape index (κ1) is 21.0. The van der Waals surface area contributed by atoms with Crippen molar-refractivity contribution in [3.8, 4) is 0 Å². The van der Waals surface area contributed by atoms with Gasteiger partial charge in [0.25, 0.3) is 10.0 Å². The summed E-state index contributed by atoms with van der Waals surface area (Å²) in [6.45, 7) is 1.19. The summed E-state index contributed by atoms with van der Waals surface area (Å²) in [5.74, 6) is -0.524. The predicted octanol–water partition coefficient (Wildman–Crippen LogP) is 1.76. The molecular weight excluding hydrogens is 416 g/mol. The van der Waals surface area contributed by atoms with E-state index >= 15 is 0 Å². The highest BCUT2D eigenvalue weighted by atomic mass is 32.2. The van der Waals surface area contributed by atoms with Crippen molar-refractivity contribution in [1.29, 1.82) is 0 Å². The minimum atomic E-state index is -3.72. The Balaban J connectivity index is 1.58. The molecule has 0 aromatic heterocycles. The highest BCUT2D eigenvalue weighted by molar-refractivity contribution is 7.90. The van der Waals surface area contributed by atoms with E-state index in [1.54, 1.807) is 29.2 Å². The van der Waals surface area contributed by atoms with Crippen LogP contribution in [0.1, 0.15) is 24.8 Å². The topological polar surface area (TPSA) is 113 Å². The lowest BCUT2D eigenvalue weighted by atomic mass is 9.95. The average molecular weight is 441 g/mol. The van der Waals surface area contributed by atoms with Crippen molar-refractivity contribution < 1.29 is 18.0 Å². The molecule has 1 saturated heterocycles. The number of rotatable bonds is 5. The quantitative estimate of drug-likeness (QED) is 0.761. The maximum absolute atomic E-state index is 13.4. The first-order valence-corrected chi connectivity index (χ1v) is 11.6. The standard InChI is InChI=1S/C22H24N4O4S/c23-20(27)12-14-26(17-8-2-1-3-9-17)22(28)16-7-6-13-25(15-16)21-18-10-4-5-11-19(18)31(29,30)24-21/h1-5,8-11,16H,6-7,12-15H2,(H2,23,27)/t16-/m0/s1. The number of likely N-dealkylation sites (tertiary alicyclic amines) is 1. The van der Waals surface area contributed by atoms with Crippen LogP contribution in [0.15, 0.2) is 63.9 Å². The molecule has 8 nitrogen and oxygen atoms in total. The van der Waals surface area contributed by atoms with Crippen molar-refractivity contribution in [2.45, 2.75) is 24.2 Å². The Kier molecular flexibility index (Phi) is 5.77. The third-order valence-electron chi connectivity index (χ3n) is 5.60. The Morgan fingerprint density at radius 1 is 1.10 bits per heavy atom. The number of amides is 2. The molecule has 0 spiro atoms. The second-order valence-corrected chi connectivity index (χ2v) is 9.29. The molecule has 0 radical (unpaired) electrons. The third kappa shape index (κ3) is 4.32. The van der Waals surface area contributed by atoms with E-state index in [1.807, 2.05) is 35.2 Å². The Morgan fingerprint density at radius 3 is 2.55 bits per heavy atom. The van der Waals surface area contributed by atoms with Crippen molar-refractivity contribution in [2.75, 3.05) is 24.5 Å². The van der Waals surface area contributed by atoms with E-state index in [4.69, 9.17) is 5.73 Å². The number of primary amides is 1. The van der Waals surface area contributed by atoms with Crippen LogP contribution in [0.3, 0.4) is 0 Å². The first-order valence-electron chi connectivity index (χ1n) is 10.2. The van der Waals surface area contributed by atoms with E-state index in [0.717, 1.165) is 6.42 Å². The van der Waals surface area contributed by atoms with Crippen LogP contribution in [0.5, 0.6) is 0 Å². The van der Waals surface area contributed by atoms with Crippen molar-refractivity contribution >= 4 is 33.4 Å². The van der Waals surface area contributed by atoms with Gasteiger partial charge < -0.3 is 15.5 Å². The van der Waals surface area contributed by atoms with Gasteiger partial charge in [-0.25, -0.2) is 0 Å². The molecule has 0 saturated carbocycles. The van der Waals surface area contributed by atoms with Gasteiger partial charge in [0.2, 0.25) is 11.8 Å². The number of piperidine rings is 1. The van der Waals surface area contributed by atoms with Gasteiger partial charge in [-0.2, -0.15) is 8.42 Å². The van der Waals surface area contributed by atoms with Crippen LogP contribution >= 0.6 is 0 Å². The summed E-state index contributed by atoms with van der Waals surface area (Å²) in [6, 6.07) is 15.9. The summed E-state index contributed by atoms with van der Waals surface area (Å²) in [7, 11) is -3.72. The molecule has 2 aliphatic heterocycles. The molecule has 1 atom stereocenters. The second-order valence-electron chi connectivity index (χ2n) is 7.71. The lowest BCUT2D eigenvalue weighted by Crippen LogP contribution is -2.47. The van der Waals surface area contributed by atoms with Gasteiger partial charge in [-0.3, -0.25) is 9.59 Å². The van der Waals surface area contributed by atoms with Gasteiger partial charge in [0.1, 0.15) is 4.90 Å². The summed E-state index contributed by atoms with van der Waals surface area (Å²) in [6.07, 6.45) is 1.47. The number of fused-ring (bicyclic) bond motifs is 1. The SMILES string of the molecule is NC(=O)CCN(C(=O)[C@H]1CCCN(C2=NS(=O)(=O)c3ccccc32)C1)c1ccccc1. The fraction of sp³-hybridized carbons (Fsp3) is 0.318. The van der Waals surface area contributed by atoms with E-state index in [0.29, 0.717) is 36.6 Å². The summed E-state index contributed by atoms with van der Waals surface area (Å²) < 4.78 is 28.9. The lowest BCUT2D eigenvalue weighted by Gasteiger charge is -2.36. The van der Waals surface area contributed by atoms with Crippen LogP contribution in [0.4, 0.5) is 5.69 Å². The van der Waals surface area contributed by atoms with Gasteiger partial charge in [0, 0.05) is 37.3 Å². The van der Waals surface area contributed by atoms with Gasteiger partial charge in [-0.05, 0) is 37.1 Å². The number of hydrogen-bond acceptors (Lipinski definition) is 5. The van der Waals surface area contributed by atoms with Crippen LogP contribution in [0.25, 0.3) is 0 Å². The van der Waals surface area contributed by atoms with Crippen LogP contribution in [-0.2, 0) is 19.6 Å². The van der Waals surface area contributed by atoms with E-state index in [9.17, 15) is 18.0 Å². The normalized spacial score (nSPS) is 19.4. The fourth-order valence-corrected chi connectivity index (χ4v) is 5.33. The molecule has 0 aliphatic carbocycles. The third-order valence-corrected chi connectivity index (χ3v) is 6.92. The largest absolute Gasteiger partial charge is 0.370 e. The van der Waals surface area contributed by atoms with Crippen LogP contribution in [-0.4, -0.2) is 50.6 Å². The van der Waals surface area contributed by atoms with Crippen molar-refractivity contribution in [1.82, 2.24) is 4.90 Å². The van der Waals surface area contributed by atoms with E-state index < -0.39 is 15.9 Å². The van der Waals surface area contributed by atoms with Crippen molar-refractivity contribution in [3.63, 3.8) is 0 Å². The summed E-state index contributed by atoms with van der Waals surface area (Å²) >= 11 is 0. The Labute approximate surface area is 181 Å². The lowest BCUT2D eigenvalue weighted by molar-refractivity contribution is -0.123. The summed E-state index contributed by atoms with van der Waals surface area (Å²) in [5.41, 5.74) is 6.59. The minimum absolute atomic E-state index is 0.0649. The van der Waals surface area contributed by atoms with E-state index in [1.165, 1.54) is 0 Å². The number of para-hydroxylation sites is 1. The van der Waals surface area contributed by atoms with Crippen molar-refractivity contribution in [2.24, 2.45) is 16.0 Å². The number of amidine groups is 1. The van der Waals surface area contributed by atoms with Gasteiger partial charge in [-0.1, -0.05) is 30.3 Å². The Bertz CT molecular complexity index is 1130. The number of benzene rings is 2. The molecule has 9 heteroatoms. The zero-order valence-electron chi connectivity index (χ0n) is 17.0. The maximum Gasteiger partial charge on any atom is 0.285 e. The molecule has 2 amide bonds. The number of carbonyl (C=O) groups excluding carboxylic acids is 2. The number of nitrogens with two attached hydrogens (primary N) is 1. The molecule has 0 unspecified atom stereocenters. The molecule has 1 fully saturated rings. The number of sulfonamides is 1. The van der Waals surface area contributed by atoms with E-state index in [2.05, 4.69) is 4.40 Å². The fourth-order valence-electron chi connectivity index (χ4n) is 4.10. The van der Waals surface area contributed by atoms with E-state index in [-0.39, 0.29) is 29.7 Å². The molecule has 4 rings (SSSR count). The molecule has 2 aliphatic rings. The van der Waals surface area contributed by atoms with Crippen molar-refractivity contribution in [3.05, 3.63) is 60.2 Å². The molecule has 2 aromatic carbocycles. The monoisotopic (exact) mass is 440 g/mol. The van der Waals surface area contributed by atoms with Crippen LogP contribution in [0, 0.1) is 5.92 Å². The number of nitrogens with zero attached hydrogens (tertiary/aromatic N) is 3. The smallest absolute Gasteiger partial charge is 0.285 e. The summed E-state index contributed by atoms with van der Waals surface area (Å²) in [4.78, 5) is 28.5. The number of hydrogen-bond donors (Lipinski definition) is 1. The van der Waals surface area contributed by atoms with Gasteiger partial charge in [-0.15, -0.1) is 4.40 Å². The minimum Gasteiger partial charge on any atom is -0.370 e. The molecule has 162 valence electrons. The Morgan fingerprint density at radius 2 is 1.81 bits per heavy atom. The highest BCUT2D eigenvalue weighted by Gasteiger charge is 2.36. The number of anilines is 1. The van der Waals surface area contributed by atoms with Crippen LogP contribution in [0.2, 0.25) is 0 Å². The molecular formula is C22H24N4O4S. The zero-order valence-corrected chi connectivity index (χ0v) is 17.8. The summed E-state index contributed by atoms with van der Waals surface area (Å²) in [5, 5.41) is 0. The molecule has 31 heavy (non-hydrogen) atoms. The Hall–Kier alpha value is -3.20.